The standard InChI is InChI=1S/C21H24F3N3O3/c1-13-17(14(2)30-26-13)12-27-10-9-16(7-8-20(27)29)25-19(28)11-15-5-3-4-6-18(15)21(22,23)24/h3-6,16H,7-12H2,1-2H3,(H,25,28). The third-order valence-corrected chi connectivity index (χ3v) is 5.38. The van der Waals surface area contributed by atoms with Crippen LogP contribution in [0, 0.1) is 13.8 Å². The largest absolute Gasteiger partial charge is 0.416 e. The summed E-state index contributed by atoms with van der Waals surface area (Å²) < 4.78 is 44.5. The number of nitrogens with one attached hydrogen (secondary N) is 1. The molecular weight excluding hydrogens is 399 g/mol. The molecule has 1 aliphatic heterocycles. The number of rotatable bonds is 5. The molecule has 2 aromatic rings. The van der Waals surface area contributed by atoms with Crippen LogP contribution in [0.1, 0.15) is 47.4 Å². The van der Waals surface area contributed by atoms with E-state index in [-0.39, 0.29) is 30.4 Å². The molecule has 162 valence electrons. The Morgan fingerprint density at radius 1 is 1.27 bits per heavy atom. The van der Waals surface area contributed by atoms with E-state index in [0.717, 1.165) is 17.3 Å². The van der Waals surface area contributed by atoms with Crippen molar-refractivity contribution in [1.29, 1.82) is 0 Å². The third kappa shape index (κ3) is 5.20. The Balaban J connectivity index is 1.60. The Labute approximate surface area is 172 Å². The monoisotopic (exact) mass is 423 g/mol. The van der Waals surface area contributed by atoms with E-state index >= 15 is 0 Å². The van der Waals surface area contributed by atoms with E-state index in [9.17, 15) is 22.8 Å². The van der Waals surface area contributed by atoms with E-state index in [1.54, 1.807) is 11.8 Å². The van der Waals surface area contributed by atoms with E-state index < -0.39 is 17.6 Å². The molecule has 1 atom stereocenters. The summed E-state index contributed by atoms with van der Waals surface area (Å²) >= 11 is 0. The minimum Gasteiger partial charge on any atom is -0.361 e. The van der Waals surface area contributed by atoms with Crippen LogP contribution in [0.3, 0.4) is 0 Å². The van der Waals surface area contributed by atoms with Crippen molar-refractivity contribution in [2.75, 3.05) is 6.54 Å². The molecule has 1 aliphatic rings. The lowest BCUT2D eigenvalue weighted by molar-refractivity contribution is -0.138. The van der Waals surface area contributed by atoms with Crippen molar-refractivity contribution in [1.82, 2.24) is 15.4 Å². The highest BCUT2D eigenvalue weighted by atomic mass is 19.4. The molecule has 6 nitrogen and oxygen atoms in total. The number of amides is 2. The maximum atomic E-state index is 13.1. The number of aromatic nitrogens is 1. The second kappa shape index (κ2) is 8.89. The van der Waals surface area contributed by atoms with E-state index in [4.69, 9.17) is 4.52 Å². The summed E-state index contributed by atoms with van der Waals surface area (Å²) in [7, 11) is 0. The van der Waals surface area contributed by atoms with Gasteiger partial charge in [-0.2, -0.15) is 13.2 Å². The zero-order valence-corrected chi connectivity index (χ0v) is 16.9. The average Bonchev–Trinajstić information content (AvgIpc) is 2.88. The molecule has 1 unspecified atom stereocenters. The first kappa shape index (κ1) is 21.9. The van der Waals surface area contributed by atoms with Gasteiger partial charge in [-0.05, 0) is 38.3 Å². The molecule has 9 heteroatoms. The summed E-state index contributed by atoms with van der Waals surface area (Å²) in [5, 5.41) is 6.69. The van der Waals surface area contributed by atoms with Crippen LogP contribution < -0.4 is 5.32 Å². The molecule has 30 heavy (non-hydrogen) atoms. The molecule has 3 rings (SSSR count). The molecule has 1 aromatic heterocycles. The molecule has 1 aromatic carbocycles. The van der Waals surface area contributed by atoms with Gasteiger partial charge in [0.05, 0.1) is 24.2 Å². The third-order valence-electron chi connectivity index (χ3n) is 5.38. The Morgan fingerprint density at radius 2 is 2.00 bits per heavy atom. The highest BCUT2D eigenvalue weighted by Gasteiger charge is 2.33. The lowest BCUT2D eigenvalue weighted by Gasteiger charge is -2.21. The number of halogens is 3. The van der Waals surface area contributed by atoms with Crippen LogP contribution in [0.2, 0.25) is 0 Å². The maximum Gasteiger partial charge on any atom is 0.416 e. The number of aryl methyl sites for hydroxylation is 2. The van der Waals surface area contributed by atoms with Crippen LogP contribution in [-0.2, 0) is 28.7 Å². The first-order valence-electron chi connectivity index (χ1n) is 9.79. The van der Waals surface area contributed by atoms with Crippen LogP contribution >= 0.6 is 0 Å². The van der Waals surface area contributed by atoms with E-state index in [1.807, 2.05) is 6.92 Å². The smallest absolute Gasteiger partial charge is 0.361 e. The van der Waals surface area contributed by atoms with Crippen molar-refractivity contribution in [2.45, 2.75) is 58.3 Å². The Bertz CT molecular complexity index is 904. The van der Waals surface area contributed by atoms with Gasteiger partial charge in [0, 0.05) is 24.6 Å². The fraction of sp³-hybridized carbons (Fsp3) is 0.476. The van der Waals surface area contributed by atoms with Crippen LogP contribution in [0.25, 0.3) is 0 Å². The zero-order chi connectivity index (χ0) is 21.9. The van der Waals surface area contributed by atoms with E-state index in [1.165, 1.54) is 18.2 Å². The molecule has 1 N–H and O–H groups in total. The molecular formula is C21H24F3N3O3. The van der Waals surface area contributed by atoms with Gasteiger partial charge in [-0.25, -0.2) is 0 Å². The maximum absolute atomic E-state index is 13.1. The van der Waals surface area contributed by atoms with Gasteiger partial charge < -0.3 is 14.7 Å². The molecule has 0 aliphatic carbocycles. The lowest BCUT2D eigenvalue weighted by atomic mass is 10.0. The van der Waals surface area contributed by atoms with Crippen molar-refractivity contribution >= 4 is 11.8 Å². The van der Waals surface area contributed by atoms with Gasteiger partial charge in [-0.1, -0.05) is 23.4 Å². The van der Waals surface area contributed by atoms with Crippen LogP contribution in [0.15, 0.2) is 28.8 Å². The molecule has 0 saturated carbocycles. The van der Waals surface area contributed by atoms with Gasteiger partial charge in [0.1, 0.15) is 5.76 Å². The van der Waals surface area contributed by atoms with Gasteiger partial charge in [0.2, 0.25) is 11.8 Å². The highest BCUT2D eigenvalue weighted by Crippen LogP contribution is 2.32. The number of carbonyl (C=O) groups is 2. The normalized spacial score (nSPS) is 17.7. The summed E-state index contributed by atoms with van der Waals surface area (Å²) in [6.45, 7) is 4.43. The predicted molar refractivity (Wildman–Crippen MR) is 102 cm³/mol. The molecule has 0 spiro atoms. The SMILES string of the molecule is Cc1noc(C)c1CN1CCC(NC(=O)Cc2ccccc2C(F)(F)F)CCC1=O. The molecule has 1 fully saturated rings. The summed E-state index contributed by atoms with van der Waals surface area (Å²) in [4.78, 5) is 26.6. The van der Waals surface area contributed by atoms with Gasteiger partial charge in [0.15, 0.2) is 0 Å². The van der Waals surface area contributed by atoms with Crippen molar-refractivity contribution < 1.29 is 27.3 Å². The topological polar surface area (TPSA) is 75.4 Å². The minimum atomic E-state index is -4.51. The molecule has 1 saturated heterocycles. The lowest BCUT2D eigenvalue weighted by Crippen LogP contribution is -2.37. The number of alkyl halides is 3. The highest BCUT2D eigenvalue weighted by molar-refractivity contribution is 5.80. The molecule has 2 heterocycles. The van der Waals surface area contributed by atoms with E-state index in [0.29, 0.717) is 31.7 Å². The summed E-state index contributed by atoms with van der Waals surface area (Å²) in [6, 6.07) is 4.79. The first-order valence-corrected chi connectivity index (χ1v) is 9.79. The van der Waals surface area contributed by atoms with Gasteiger partial charge in [-0.3, -0.25) is 9.59 Å². The number of benzene rings is 1. The van der Waals surface area contributed by atoms with Gasteiger partial charge >= 0.3 is 6.18 Å². The Morgan fingerprint density at radius 3 is 2.67 bits per heavy atom. The molecule has 2 amide bonds. The van der Waals surface area contributed by atoms with Crippen LogP contribution in [0.5, 0.6) is 0 Å². The number of carbonyl (C=O) groups excluding carboxylic acids is 2. The van der Waals surface area contributed by atoms with E-state index in [2.05, 4.69) is 10.5 Å². The average molecular weight is 423 g/mol. The number of nitrogens with zero attached hydrogens (tertiary/aromatic N) is 2. The van der Waals surface area contributed by atoms with Gasteiger partial charge in [0.25, 0.3) is 0 Å². The van der Waals surface area contributed by atoms with Gasteiger partial charge in [-0.15, -0.1) is 0 Å². The Hall–Kier alpha value is -2.84. The summed E-state index contributed by atoms with van der Waals surface area (Å²) in [5.41, 5.74) is 0.737. The summed E-state index contributed by atoms with van der Waals surface area (Å²) in [6.07, 6.45) is -3.63. The second-order valence-corrected chi connectivity index (χ2v) is 7.54. The quantitative estimate of drug-likeness (QED) is 0.798. The van der Waals surface area contributed by atoms with Crippen molar-refractivity contribution in [2.24, 2.45) is 0 Å². The van der Waals surface area contributed by atoms with Crippen LogP contribution in [0.4, 0.5) is 13.2 Å². The number of hydrogen-bond donors (Lipinski definition) is 1. The number of likely N-dealkylation sites (tertiary alicyclic amines) is 1. The first-order chi connectivity index (χ1) is 14.1. The fourth-order valence-corrected chi connectivity index (χ4v) is 3.67. The van der Waals surface area contributed by atoms with Crippen molar-refractivity contribution in [3.63, 3.8) is 0 Å². The van der Waals surface area contributed by atoms with Crippen molar-refractivity contribution in [3.8, 4) is 0 Å². The Kier molecular flexibility index (Phi) is 6.48. The molecule has 0 bridgehead atoms. The van der Waals surface area contributed by atoms with Crippen molar-refractivity contribution in [3.05, 3.63) is 52.4 Å². The number of hydrogen-bond acceptors (Lipinski definition) is 4. The fourth-order valence-electron chi connectivity index (χ4n) is 3.67. The molecule has 0 radical (unpaired) electrons. The van der Waals surface area contributed by atoms with Crippen LogP contribution in [-0.4, -0.2) is 34.5 Å². The summed E-state index contributed by atoms with van der Waals surface area (Å²) in [5.74, 6) is 0.148. The second-order valence-electron chi connectivity index (χ2n) is 7.54. The minimum absolute atomic E-state index is 0.0332. The zero-order valence-electron chi connectivity index (χ0n) is 16.9. The predicted octanol–water partition coefficient (Wildman–Crippen LogP) is 3.55.